The highest BCUT2D eigenvalue weighted by molar-refractivity contribution is 5.82. The van der Waals surface area contributed by atoms with Crippen LogP contribution in [-0.4, -0.2) is 32.1 Å². The third kappa shape index (κ3) is 6.77. The molecule has 0 unspecified atom stereocenters. The van der Waals surface area contributed by atoms with Gasteiger partial charge in [-0.05, 0) is 32.3 Å². The molecular formula is C14H24O4. The Morgan fingerprint density at radius 2 is 2.00 bits per heavy atom. The van der Waals surface area contributed by atoms with Crippen LogP contribution in [0.5, 0.6) is 0 Å². The number of carbonyl (C=O) groups is 1. The fourth-order valence-corrected chi connectivity index (χ4v) is 2.00. The summed E-state index contributed by atoms with van der Waals surface area (Å²) >= 11 is 0. The van der Waals surface area contributed by atoms with E-state index in [1.165, 1.54) is 18.9 Å². The smallest absolute Gasteiger partial charge is 0.330 e. The number of ether oxygens (including phenoxy) is 3. The van der Waals surface area contributed by atoms with Crippen LogP contribution in [0.2, 0.25) is 0 Å². The molecule has 0 aromatic carbocycles. The molecule has 4 heteroatoms. The fourth-order valence-electron chi connectivity index (χ4n) is 2.00. The van der Waals surface area contributed by atoms with E-state index in [-0.39, 0.29) is 25.0 Å². The Hall–Kier alpha value is -0.870. The van der Waals surface area contributed by atoms with Gasteiger partial charge in [0.2, 0.25) is 0 Å². The van der Waals surface area contributed by atoms with Gasteiger partial charge in [0, 0.05) is 13.2 Å². The van der Waals surface area contributed by atoms with E-state index in [1.807, 2.05) is 6.92 Å². The minimum atomic E-state index is -0.283. The fraction of sp³-hybridized carbons (Fsp3) is 0.786. The van der Waals surface area contributed by atoms with Crippen LogP contribution in [0.4, 0.5) is 0 Å². The Morgan fingerprint density at radius 3 is 2.72 bits per heavy atom. The third-order valence-electron chi connectivity index (χ3n) is 3.01. The highest BCUT2D eigenvalue weighted by Gasteiger charge is 2.10. The van der Waals surface area contributed by atoms with Gasteiger partial charge >= 0.3 is 5.97 Å². The Morgan fingerprint density at radius 1 is 1.28 bits per heavy atom. The number of hydrogen-bond acceptors (Lipinski definition) is 4. The molecule has 0 aromatic heterocycles. The van der Waals surface area contributed by atoms with Gasteiger partial charge in [-0.1, -0.05) is 19.3 Å². The van der Waals surface area contributed by atoms with Crippen molar-refractivity contribution in [3.8, 4) is 0 Å². The molecule has 0 spiro atoms. The molecule has 0 saturated carbocycles. The molecular weight excluding hydrogens is 232 g/mol. The van der Waals surface area contributed by atoms with Gasteiger partial charge in [-0.2, -0.15) is 0 Å². The standard InChI is InChI=1S/C14H24O4/c1-12-7-5-3-4-6-8-13(17-11-16-2)9-10-14(15)18-12/h9-10,12-13H,3-8,11H2,1-2H3/b10-9+/t12-,13+/m1/s1. The van der Waals surface area contributed by atoms with Crippen molar-refractivity contribution in [2.24, 2.45) is 0 Å². The van der Waals surface area contributed by atoms with Crippen LogP contribution in [0.15, 0.2) is 12.2 Å². The molecule has 18 heavy (non-hydrogen) atoms. The molecule has 1 aliphatic rings. The highest BCUT2D eigenvalue weighted by Crippen LogP contribution is 2.14. The Balaban J connectivity index is 2.52. The van der Waals surface area contributed by atoms with Crippen LogP contribution in [0.1, 0.15) is 45.4 Å². The van der Waals surface area contributed by atoms with Crippen LogP contribution < -0.4 is 0 Å². The van der Waals surface area contributed by atoms with Gasteiger partial charge in [0.25, 0.3) is 0 Å². The largest absolute Gasteiger partial charge is 0.460 e. The molecule has 0 N–H and O–H groups in total. The maximum atomic E-state index is 11.5. The van der Waals surface area contributed by atoms with Crippen molar-refractivity contribution in [1.29, 1.82) is 0 Å². The van der Waals surface area contributed by atoms with Gasteiger partial charge in [0.1, 0.15) is 6.79 Å². The SMILES string of the molecule is COCO[C@@H]1/C=C/C(=O)O[C@H](C)CCCCCC1. The predicted molar refractivity (Wildman–Crippen MR) is 69.1 cm³/mol. The average Bonchev–Trinajstić information content (AvgIpc) is 2.34. The van der Waals surface area contributed by atoms with Crippen LogP contribution >= 0.6 is 0 Å². The lowest BCUT2D eigenvalue weighted by Crippen LogP contribution is -2.16. The monoisotopic (exact) mass is 256 g/mol. The Bertz CT molecular complexity index is 263. The third-order valence-corrected chi connectivity index (χ3v) is 3.01. The van der Waals surface area contributed by atoms with E-state index >= 15 is 0 Å². The summed E-state index contributed by atoms with van der Waals surface area (Å²) in [7, 11) is 1.59. The summed E-state index contributed by atoms with van der Waals surface area (Å²) in [6.07, 6.45) is 9.65. The first-order chi connectivity index (χ1) is 8.72. The van der Waals surface area contributed by atoms with Gasteiger partial charge < -0.3 is 14.2 Å². The van der Waals surface area contributed by atoms with Crippen molar-refractivity contribution in [1.82, 2.24) is 0 Å². The van der Waals surface area contributed by atoms with Crippen molar-refractivity contribution in [3.63, 3.8) is 0 Å². The zero-order valence-electron chi connectivity index (χ0n) is 11.4. The van der Waals surface area contributed by atoms with Crippen LogP contribution in [-0.2, 0) is 19.0 Å². The number of cyclic esters (lactones) is 1. The highest BCUT2D eigenvalue weighted by atomic mass is 16.7. The Kier molecular flexibility index (Phi) is 7.69. The second kappa shape index (κ2) is 9.11. The summed E-state index contributed by atoms with van der Waals surface area (Å²) in [5.74, 6) is -0.283. The second-order valence-electron chi connectivity index (χ2n) is 4.71. The molecule has 0 bridgehead atoms. The number of carbonyl (C=O) groups excluding carboxylic acids is 1. The molecule has 2 atom stereocenters. The molecule has 1 aliphatic heterocycles. The lowest BCUT2D eigenvalue weighted by Gasteiger charge is -2.16. The first-order valence-corrected chi connectivity index (χ1v) is 6.71. The molecule has 1 rings (SSSR count). The topological polar surface area (TPSA) is 44.8 Å². The zero-order chi connectivity index (χ0) is 13.2. The summed E-state index contributed by atoms with van der Waals surface area (Å²) in [5, 5.41) is 0. The van der Waals surface area contributed by atoms with E-state index in [9.17, 15) is 4.79 Å². The van der Waals surface area contributed by atoms with E-state index in [0.717, 1.165) is 25.7 Å². The number of methoxy groups -OCH3 is 1. The van der Waals surface area contributed by atoms with Crippen molar-refractivity contribution < 1.29 is 19.0 Å². The number of esters is 1. The normalized spacial score (nSPS) is 28.9. The van der Waals surface area contributed by atoms with E-state index in [0.29, 0.717) is 0 Å². The van der Waals surface area contributed by atoms with Crippen LogP contribution in [0.3, 0.4) is 0 Å². The van der Waals surface area contributed by atoms with E-state index in [2.05, 4.69) is 0 Å². The van der Waals surface area contributed by atoms with Crippen LogP contribution in [0, 0.1) is 0 Å². The quantitative estimate of drug-likeness (QED) is 0.575. The molecule has 0 fully saturated rings. The van der Waals surface area contributed by atoms with E-state index in [1.54, 1.807) is 13.2 Å². The van der Waals surface area contributed by atoms with Gasteiger partial charge in [-0.3, -0.25) is 0 Å². The lowest BCUT2D eigenvalue weighted by molar-refractivity contribution is -0.142. The van der Waals surface area contributed by atoms with Gasteiger partial charge in [0.15, 0.2) is 0 Å². The molecule has 0 amide bonds. The Labute approximate surface area is 109 Å². The van der Waals surface area contributed by atoms with Crippen molar-refractivity contribution in [2.45, 2.75) is 57.7 Å². The molecule has 4 nitrogen and oxygen atoms in total. The number of rotatable bonds is 3. The molecule has 0 aliphatic carbocycles. The predicted octanol–water partition coefficient (Wildman–Crippen LogP) is 2.82. The first kappa shape index (κ1) is 15.2. The summed E-state index contributed by atoms with van der Waals surface area (Å²) in [6.45, 7) is 2.19. The van der Waals surface area contributed by atoms with Crippen molar-refractivity contribution in [2.75, 3.05) is 13.9 Å². The minimum absolute atomic E-state index is 0.0000740. The van der Waals surface area contributed by atoms with Crippen molar-refractivity contribution in [3.05, 3.63) is 12.2 Å². The van der Waals surface area contributed by atoms with Gasteiger partial charge in [-0.25, -0.2) is 4.79 Å². The summed E-state index contributed by atoms with van der Waals surface area (Å²) < 4.78 is 15.6. The molecule has 1 heterocycles. The van der Waals surface area contributed by atoms with E-state index in [4.69, 9.17) is 14.2 Å². The molecule has 0 aromatic rings. The number of hydrogen-bond donors (Lipinski definition) is 0. The average molecular weight is 256 g/mol. The summed E-state index contributed by atoms with van der Waals surface area (Å²) in [4.78, 5) is 11.5. The molecule has 0 radical (unpaired) electrons. The van der Waals surface area contributed by atoms with Gasteiger partial charge in [0.05, 0.1) is 12.2 Å². The van der Waals surface area contributed by atoms with Crippen molar-refractivity contribution >= 4 is 5.97 Å². The van der Waals surface area contributed by atoms with E-state index < -0.39 is 0 Å². The lowest BCUT2D eigenvalue weighted by atomic mass is 10.1. The minimum Gasteiger partial charge on any atom is -0.460 e. The maximum absolute atomic E-state index is 11.5. The maximum Gasteiger partial charge on any atom is 0.330 e. The zero-order valence-corrected chi connectivity index (χ0v) is 11.4. The van der Waals surface area contributed by atoms with Gasteiger partial charge in [-0.15, -0.1) is 0 Å². The molecule has 104 valence electrons. The molecule has 0 saturated heterocycles. The second-order valence-corrected chi connectivity index (χ2v) is 4.71. The van der Waals surface area contributed by atoms with Crippen LogP contribution in [0.25, 0.3) is 0 Å². The summed E-state index contributed by atoms with van der Waals surface area (Å²) in [6, 6.07) is 0. The first-order valence-electron chi connectivity index (χ1n) is 6.71. The summed E-state index contributed by atoms with van der Waals surface area (Å²) in [5.41, 5.74) is 0.